The van der Waals surface area contributed by atoms with Crippen LogP contribution in [0.25, 0.3) is 0 Å². The van der Waals surface area contributed by atoms with Gasteiger partial charge in [-0.05, 0) is 41.7 Å². The van der Waals surface area contributed by atoms with Gasteiger partial charge in [-0.2, -0.15) is 5.10 Å². The minimum Gasteiger partial charge on any atom is -0.357 e. The number of thiophene rings is 1. The summed E-state index contributed by atoms with van der Waals surface area (Å²) in [6, 6.07) is 12.2. The van der Waals surface area contributed by atoms with Crippen molar-refractivity contribution in [2.75, 3.05) is 0 Å². The summed E-state index contributed by atoms with van der Waals surface area (Å²) in [4.78, 5) is 1.14. The number of hydrazone groups is 1. The van der Waals surface area contributed by atoms with Crippen LogP contribution in [-0.4, -0.2) is 11.3 Å². The molecule has 2 rings (SSSR count). The molecule has 5 heteroatoms. The smallest absolute Gasteiger partial charge is 0.187 e. The quantitative estimate of drug-likeness (QED) is 0.516. The topological polar surface area (TPSA) is 36.4 Å². The zero-order valence-electron chi connectivity index (χ0n) is 10.6. The van der Waals surface area contributed by atoms with Gasteiger partial charge in [0.15, 0.2) is 5.11 Å². The Kier molecular flexibility index (Phi) is 5.06. The van der Waals surface area contributed by atoms with E-state index in [1.54, 1.807) is 17.6 Å². The van der Waals surface area contributed by atoms with Gasteiger partial charge in [0.25, 0.3) is 0 Å². The van der Waals surface area contributed by atoms with Gasteiger partial charge in [-0.25, -0.2) is 0 Å². The maximum absolute atomic E-state index is 5.15. The standard InChI is InChI=1S/C14H15N3S2/c1-11-7-8-19-13(11)10-16-17-14(18)15-9-12-5-3-2-4-6-12/h2-8,10H,9H2,1H3,(H2,15,17,18)/b16-10+. The SMILES string of the molecule is Cc1ccsc1/C=N/NC(=S)NCc1ccccc1. The van der Waals surface area contributed by atoms with E-state index in [-0.39, 0.29) is 0 Å². The molecule has 0 radical (unpaired) electrons. The van der Waals surface area contributed by atoms with E-state index < -0.39 is 0 Å². The summed E-state index contributed by atoms with van der Waals surface area (Å²) in [6.07, 6.45) is 1.79. The van der Waals surface area contributed by atoms with E-state index in [0.717, 1.165) is 4.88 Å². The molecule has 2 N–H and O–H groups in total. The molecular weight excluding hydrogens is 274 g/mol. The normalized spacial score (nSPS) is 10.6. The highest BCUT2D eigenvalue weighted by Crippen LogP contribution is 2.12. The number of thiocarbonyl (C=S) groups is 1. The van der Waals surface area contributed by atoms with Crippen LogP contribution in [0, 0.1) is 6.92 Å². The van der Waals surface area contributed by atoms with E-state index in [0.29, 0.717) is 11.7 Å². The van der Waals surface area contributed by atoms with E-state index in [9.17, 15) is 0 Å². The van der Waals surface area contributed by atoms with Crippen molar-refractivity contribution in [1.29, 1.82) is 0 Å². The van der Waals surface area contributed by atoms with E-state index in [2.05, 4.69) is 28.8 Å². The predicted octanol–water partition coefficient (Wildman–Crippen LogP) is 3.05. The highest BCUT2D eigenvalue weighted by molar-refractivity contribution is 7.80. The lowest BCUT2D eigenvalue weighted by molar-refractivity contribution is 0.869. The molecule has 0 spiro atoms. The molecule has 0 aliphatic rings. The van der Waals surface area contributed by atoms with Crippen LogP contribution in [0.1, 0.15) is 16.0 Å². The van der Waals surface area contributed by atoms with Crippen LogP contribution in [-0.2, 0) is 6.54 Å². The summed E-state index contributed by atoms with van der Waals surface area (Å²) in [5.41, 5.74) is 5.22. The maximum Gasteiger partial charge on any atom is 0.187 e. The number of benzene rings is 1. The van der Waals surface area contributed by atoms with Crippen molar-refractivity contribution in [3.8, 4) is 0 Å². The molecule has 0 atom stereocenters. The lowest BCUT2D eigenvalue weighted by Gasteiger charge is -2.06. The number of nitrogens with one attached hydrogen (secondary N) is 2. The number of hydrogen-bond acceptors (Lipinski definition) is 3. The van der Waals surface area contributed by atoms with Crippen LogP contribution < -0.4 is 10.7 Å². The van der Waals surface area contributed by atoms with Crippen molar-refractivity contribution in [3.63, 3.8) is 0 Å². The highest BCUT2D eigenvalue weighted by Gasteiger charge is 1.96. The first-order chi connectivity index (χ1) is 9.25. The fourth-order valence-corrected chi connectivity index (χ4v) is 2.40. The Morgan fingerprint density at radius 1 is 1.32 bits per heavy atom. The summed E-state index contributed by atoms with van der Waals surface area (Å²) < 4.78 is 0. The van der Waals surface area contributed by atoms with E-state index >= 15 is 0 Å². The fraction of sp³-hybridized carbons (Fsp3) is 0.143. The first-order valence-electron chi connectivity index (χ1n) is 5.90. The van der Waals surface area contributed by atoms with Crippen molar-refractivity contribution in [1.82, 2.24) is 10.7 Å². The molecule has 0 saturated carbocycles. The minimum absolute atomic E-state index is 0.523. The summed E-state index contributed by atoms with van der Waals surface area (Å²) in [5.74, 6) is 0. The summed E-state index contributed by atoms with van der Waals surface area (Å²) >= 11 is 6.81. The van der Waals surface area contributed by atoms with Crippen molar-refractivity contribution in [2.45, 2.75) is 13.5 Å². The molecule has 0 bridgehead atoms. The molecule has 19 heavy (non-hydrogen) atoms. The van der Waals surface area contributed by atoms with Gasteiger partial charge in [0.1, 0.15) is 0 Å². The zero-order chi connectivity index (χ0) is 13.5. The van der Waals surface area contributed by atoms with E-state index in [1.807, 2.05) is 35.7 Å². The van der Waals surface area contributed by atoms with Crippen LogP contribution in [0.15, 0.2) is 46.9 Å². The molecule has 1 aromatic heterocycles. The number of nitrogens with zero attached hydrogens (tertiary/aromatic N) is 1. The predicted molar refractivity (Wildman–Crippen MR) is 85.7 cm³/mol. The molecule has 3 nitrogen and oxygen atoms in total. The van der Waals surface area contributed by atoms with Crippen LogP contribution in [0.4, 0.5) is 0 Å². The largest absolute Gasteiger partial charge is 0.357 e. The monoisotopic (exact) mass is 289 g/mol. The van der Waals surface area contributed by atoms with Crippen LogP contribution in [0.5, 0.6) is 0 Å². The molecule has 0 fully saturated rings. The van der Waals surface area contributed by atoms with Gasteiger partial charge in [-0.3, -0.25) is 5.43 Å². The summed E-state index contributed by atoms with van der Waals surface area (Å²) in [5, 5.41) is 9.79. The number of rotatable bonds is 4. The van der Waals surface area contributed by atoms with E-state index in [4.69, 9.17) is 12.2 Å². The van der Waals surface area contributed by atoms with Crippen molar-refractivity contribution < 1.29 is 0 Å². The average Bonchev–Trinajstić information content (AvgIpc) is 2.83. The molecule has 2 aromatic rings. The van der Waals surface area contributed by atoms with Crippen LogP contribution in [0.3, 0.4) is 0 Å². The summed E-state index contributed by atoms with van der Waals surface area (Å²) in [6.45, 7) is 2.75. The van der Waals surface area contributed by atoms with Gasteiger partial charge < -0.3 is 5.32 Å². The lowest BCUT2D eigenvalue weighted by atomic mass is 10.2. The van der Waals surface area contributed by atoms with Gasteiger partial charge >= 0.3 is 0 Å². The van der Waals surface area contributed by atoms with E-state index in [1.165, 1.54) is 11.1 Å². The second-order valence-corrected chi connectivity index (χ2v) is 5.36. The first kappa shape index (κ1) is 13.7. The lowest BCUT2D eigenvalue weighted by Crippen LogP contribution is -2.31. The Labute approximate surface area is 122 Å². The molecule has 1 heterocycles. The van der Waals surface area contributed by atoms with Crippen molar-refractivity contribution in [3.05, 3.63) is 57.8 Å². The Hall–Kier alpha value is -1.72. The van der Waals surface area contributed by atoms with Crippen molar-refractivity contribution in [2.24, 2.45) is 5.10 Å². The minimum atomic E-state index is 0.523. The molecule has 98 valence electrons. The summed E-state index contributed by atoms with van der Waals surface area (Å²) in [7, 11) is 0. The molecule has 0 saturated heterocycles. The third-order valence-electron chi connectivity index (χ3n) is 2.55. The zero-order valence-corrected chi connectivity index (χ0v) is 12.2. The molecular formula is C14H15N3S2. The highest BCUT2D eigenvalue weighted by atomic mass is 32.1. The average molecular weight is 289 g/mol. The molecule has 0 amide bonds. The Morgan fingerprint density at radius 3 is 2.79 bits per heavy atom. The molecule has 0 aliphatic heterocycles. The fourth-order valence-electron chi connectivity index (χ4n) is 1.48. The van der Waals surface area contributed by atoms with Crippen LogP contribution in [0.2, 0.25) is 0 Å². The number of hydrogen-bond donors (Lipinski definition) is 2. The Morgan fingerprint density at radius 2 is 2.11 bits per heavy atom. The maximum atomic E-state index is 5.15. The number of aryl methyl sites for hydroxylation is 1. The van der Waals surface area contributed by atoms with Gasteiger partial charge in [0, 0.05) is 11.4 Å². The third-order valence-corrected chi connectivity index (χ3v) is 3.73. The molecule has 0 aliphatic carbocycles. The molecule has 0 unspecified atom stereocenters. The second-order valence-electron chi connectivity index (χ2n) is 4.01. The van der Waals surface area contributed by atoms with Gasteiger partial charge in [-0.1, -0.05) is 30.3 Å². The second kappa shape index (κ2) is 7.01. The Bertz CT molecular complexity index is 561. The van der Waals surface area contributed by atoms with Gasteiger partial charge in [0.05, 0.1) is 6.21 Å². The van der Waals surface area contributed by atoms with Crippen molar-refractivity contribution >= 4 is 34.9 Å². The van der Waals surface area contributed by atoms with Gasteiger partial charge in [-0.15, -0.1) is 11.3 Å². The molecule has 1 aromatic carbocycles. The Balaban J connectivity index is 1.76. The van der Waals surface area contributed by atoms with Crippen LogP contribution >= 0.6 is 23.6 Å². The third kappa shape index (κ3) is 4.46. The first-order valence-corrected chi connectivity index (χ1v) is 7.19. The van der Waals surface area contributed by atoms with Gasteiger partial charge in [0.2, 0.25) is 0 Å².